The van der Waals surface area contributed by atoms with Crippen LogP contribution in [0.1, 0.15) is 40.0 Å². The topological polar surface area (TPSA) is 68.2 Å². The van der Waals surface area contributed by atoms with E-state index in [1.54, 1.807) is 31.4 Å². The molecule has 32 heavy (non-hydrogen) atoms. The Kier molecular flexibility index (Phi) is 5.77. The first-order valence-corrected chi connectivity index (χ1v) is 9.83. The third-order valence-electron chi connectivity index (χ3n) is 5.37. The van der Waals surface area contributed by atoms with Crippen LogP contribution in [0, 0.1) is 5.82 Å². The molecule has 0 radical (unpaired) electrons. The zero-order chi connectivity index (χ0) is 22.9. The molecule has 0 saturated carbocycles. The van der Waals surface area contributed by atoms with E-state index in [4.69, 9.17) is 4.74 Å². The van der Waals surface area contributed by atoms with Crippen LogP contribution < -0.4 is 15.4 Å². The Morgan fingerprint density at radius 1 is 1.19 bits per heavy atom. The smallest absolute Gasteiger partial charge is 0.410 e. The maximum absolute atomic E-state index is 13.8. The van der Waals surface area contributed by atoms with Crippen molar-refractivity contribution in [2.45, 2.75) is 31.2 Å². The number of carbonyl (C=O) groups is 1. The third kappa shape index (κ3) is 4.39. The molecule has 0 fully saturated rings. The molecule has 1 aromatic heterocycles. The highest BCUT2D eigenvalue weighted by molar-refractivity contribution is 5.98. The normalized spacial score (nSPS) is 17.9. The average Bonchev–Trinajstić information content (AvgIpc) is 3.21. The molecular formula is C22H20F4N4O2. The van der Waals surface area contributed by atoms with Crippen molar-refractivity contribution in [1.82, 2.24) is 15.1 Å². The van der Waals surface area contributed by atoms with Crippen LogP contribution in [0.3, 0.4) is 0 Å². The monoisotopic (exact) mass is 448 g/mol. The van der Waals surface area contributed by atoms with E-state index in [9.17, 15) is 22.4 Å². The lowest BCUT2D eigenvalue weighted by molar-refractivity contribution is -0.173. The van der Waals surface area contributed by atoms with Crippen molar-refractivity contribution in [2.24, 2.45) is 0 Å². The number of carbonyl (C=O) groups excluding carboxylic acids is 1. The van der Waals surface area contributed by atoms with Crippen LogP contribution in [0.25, 0.3) is 0 Å². The molecule has 2 aromatic carbocycles. The number of fused-ring (bicyclic) bond motifs is 1. The van der Waals surface area contributed by atoms with Gasteiger partial charge in [0, 0.05) is 13.0 Å². The second-order valence-corrected chi connectivity index (χ2v) is 7.42. The highest BCUT2D eigenvalue weighted by Gasteiger charge is 2.47. The summed E-state index contributed by atoms with van der Waals surface area (Å²) in [6, 6.07) is 9.58. The first kappa shape index (κ1) is 21.7. The molecule has 2 N–H and O–H groups in total. The Balaban J connectivity index is 1.58. The highest BCUT2D eigenvalue weighted by atomic mass is 19.4. The molecule has 1 amide bonds. The van der Waals surface area contributed by atoms with Crippen molar-refractivity contribution in [3.05, 3.63) is 77.2 Å². The second kappa shape index (κ2) is 8.52. The van der Waals surface area contributed by atoms with Gasteiger partial charge < -0.3 is 15.4 Å². The summed E-state index contributed by atoms with van der Waals surface area (Å²) >= 11 is 0. The molecule has 1 aliphatic heterocycles. The fourth-order valence-corrected chi connectivity index (χ4v) is 3.66. The number of aromatic nitrogens is 2. The van der Waals surface area contributed by atoms with Gasteiger partial charge >= 0.3 is 6.18 Å². The van der Waals surface area contributed by atoms with Crippen molar-refractivity contribution in [1.29, 1.82) is 0 Å². The molecule has 10 heteroatoms. The summed E-state index contributed by atoms with van der Waals surface area (Å²) in [5.41, 5.74) is 1.28. The third-order valence-corrected chi connectivity index (χ3v) is 5.37. The molecule has 0 spiro atoms. The number of methoxy groups -OCH3 is 1. The number of alkyl halides is 3. The van der Waals surface area contributed by atoms with Gasteiger partial charge in [-0.1, -0.05) is 24.3 Å². The summed E-state index contributed by atoms with van der Waals surface area (Å²) in [5.74, 6) is -0.407. The summed E-state index contributed by atoms with van der Waals surface area (Å²) < 4.78 is 60.4. The van der Waals surface area contributed by atoms with Gasteiger partial charge in [-0.2, -0.15) is 18.3 Å². The fraction of sp³-hybridized carbons (Fsp3) is 0.273. The largest absolute Gasteiger partial charge is 0.497 e. The predicted molar refractivity (Wildman–Crippen MR) is 109 cm³/mol. The van der Waals surface area contributed by atoms with Crippen LogP contribution in [0.5, 0.6) is 5.75 Å². The van der Waals surface area contributed by atoms with Gasteiger partial charge in [-0.15, -0.1) is 0 Å². The van der Waals surface area contributed by atoms with Gasteiger partial charge in [-0.05, 0) is 35.4 Å². The molecule has 1 aliphatic rings. The number of nitrogens with one attached hydrogen (secondary N) is 2. The average molecular weight is 448 g/mol. The summed E-state index contributed by atoms with van der Waals surface area (Å²) in [5, 5.41) is 9.52. The van der Waals surface area contributed by atoms with E-state index in [-0.39, 0.29) is 24.3 Å². The van der Waals surface area contributed by atoms with E-state index in [2.05, 4.69) is 15.7 Å². The van der Waals surface area contributed by atoms with Crippen LogP contribution in [0.2, 0.25) is 0 Å². The lowest BCUT2D eigenvalue weighted by atomic mass is 9.96. The van der Waals surface area contributed by atoms with Crippen LogP contribution in [0.4, 0.5) is 23.4 Å². The number of amides is 1. The maximum atomic E-state index is 13.8. The van der Waals surface area contributed by atoms with Gasteiger partial charge in [0.2, 0.25) is 0 Å². The van der Waals surface area contributed by atoms with Crippen LogP contribution in [-0.4, -0.2) is 29.0 Å². The molecule has 4 rings (SSSR count). The Morgan fingerprint density at radius 2 is 1.88 bits per heavy atom. The number of benzene rings is 2. The molecular weight excluding hydrogens is 428 g/mol. The summed E-state index contributed by atoms with van der Waals surface area (Å²) in [7, 11) is 1.54. The SMILES string of the molecule is COc1ccc(CNC(=O)c2cnn3c2N[C@H](c2ccc(F)cc2)C[C@@H]3C(F)(F)F)cc1. The zero-order valence-corrected chi connectivity index (χ0v) is 17.0. The minimum atomic E-state index is -4.57. The molecule has 6 nitrogen and oxygen atoms in total. The number of ether oxygens (including phenoxy) is 1. The van der Waals surface area contributed by atoms with Crippen molar-refractivity contribution >= 4 is 11.7 Å². The van der Waals surface area contributed by atoms with Gasteiger partial charge in [0.15, 0.2) is 6.04 Å². The van der Waals surface area contributed by atoms with Crippen LogP contribution >= 0.6 is 0 Å². The fourth-order valence-electron chi connectivity index (χ4n) is 3.66. The molecule has 0 aliphatic carbocycles. The Labute approximate surface area is 181 Å². The van der Waals surface area contributed by atoms with E-state index in [1.807, 2.05) is 0 Å². The number of nitrogens with zero attached hydrogens (tertiary/aromatic N) is 2. The van der Waals surface area contributed by atoms with E-state index in [0.29, 0.717) is 11.3 Å². The number of hydrogen-bond donors (Lipinski definition) is 2. The van der Waals surface area contributed by atoms with Crippen LogP contribution in [-0.2, 0) is 6.54 Å². The second-order valence-electron chi connectivity index (χ2n) is 7.42. The molecule has 2 atom stereocenters. The first-order valence-electron chi connectivity index (χ1n) is 9.83. The van der Waals surface area contributed by atoms with E-state index in [1.165, 1.54) is 24.3 Å². The van der Waals surface area contributed by atoms with Crippen molar-refractivity contribution in [2.75, 3.05) is 12.4 Å². The lowest BCUT2D eigenvalue weighted by Gasteiger charge is -2.34. The first-order chi connectivity index (χ1) is 15.3. The van der Waals surface area contributed by atoms with Gasteiger partial charge in [0.05, 0.1) is 19.3 Å². The van der Waals surface area contributed by atoms with E-state index in [0.717, 1.165) is 16.4 Å². The van der Waals surface area contributed by atoms with Gasteiger partial charge in [0.1, 0.15) is 22.9 Å². The predicted octanol–water partition coefficient (Wildman–Crippen LogP) is 4.62. The van der Waals surface area contributed by atoms with E-state index >= 15 is 0 Å². The number of rotatable bonds is 5. The Morgan fingerprint density at radius 3 is 2.50 bits per heavy atom. The molecule has 168 valence electrons. The zero-order valence-electron chi connectivity index (χ0n) is 17.0. The number of anilines is 1. The quantitative estimate of drug-likeness (QED) is 0.559. The lowest BCUT2D eigenvalue weighted by Crippen LogP contribution is -2.36. The Bertz CT molecular complexity index is 1090. The minimum Gasteiger partial charge on any atom is -0.497 e. The molecule has 0 unspecified atom stereocenters. The summed E-state index contributed by atoms with van der Waals surface area (Å²) in [4.78, 5) is 12.8. The molecule has 3 aromatic rings. The van der Waals surface area contributed by atoms with Gasteiger partial charge in [-0.25, -0.2) is 9.07 Å². The van der Waals surface area contributed by atoms with Crippen molar-refractivity contribution in [3.63, 3.8) is 0 Å². The van der Waals surface area contributed by atoms with Gasteiger partial charge in [-0.3, -0.25) is 4.79 Å². The highest BCUT2D eigenvalue weighted by Crippen LogP contribution is 2.44. The van der Waals surface area contributed by atoms with Crippen molar-refractivity contribution in [3.8, 4) is 5.75 Å². The van der Waals surface area contributed by atoms with E-state index < -0.39 is 30.0 Å². The van der Waals surface area contributed by atoms with Crippen LogP contribution in [0.15, 0.2) is 54.7 Å². The Hall–Kier alpha value is -3.56. The molecule has 0 bridgehead atoms. The van der Waals surface area contributed by atoms with Gasteiger partial charge in [0.25, 0.3) is 5.91 Å². The number of halogens is 4. The maximum Gasteiger partial charge on any atom is 0.410 e. The standard InChI is InChI=1S/C22H20F4N4O2/c1-32-16-8-2-13(3-9-16)11-27-21(31)17-12-28-30-19(22(24,25)26)10-18(29-20(17)30)14-4-6-15(23)7-5-14/h2-9,12,18-19,29H,10-11H2,1H3,(H,27,31)/t18-,19+/m0/s1. The molecule has 2 heterocycles. The molecule has 0 saturated heterocycles. The minimum absolute atomic E-state index is 0.000395. The summed E-state index contributed by atoms with van der Waals surface area (Å²) in [6.07, 6.45) is -3.79. The van der Waals surface area contributed by atoms with Crippen molar-refractivity contribution < 1.29 is 27.1 Å². The number of hydrogen-bond acceptors (Lipinski definition) is 4. The summed E-state index contributed by atoms with van der Waals surface area (Å²) in [6.45, 7) is 0.178.